The van der Waals surface area contributed by atoms with Crippen LogP contribution in [0.5, 0.6) is 0 Å². The van der Waals surface area contributed by atoms with Crippen LogP contribution in [0, 0.1) is 0 Å². The number of aldehydes is 1. The molecule has 1 fully saturated rings. The molecule has 1 aliphatic rings. The molecule has 0 bridgehead atoms. The third-order valence-electron chi connectivity index (χ3n) is 2.83. The van der Waals surface area contributed by atoms with Gasteiger partial charge >= 0.3 is 0 Å². The van der Waals surface area contributed by atoms with Crippen LogP contribution in [0.4, 0.5) is 0 Å². The lowest BCUT2D eigenvalue weighted by atomic mass is 10.3. The van der Waals surface area contributed by atoms with Crippen molar-refractivity contribution in [2.75, 3.05) is 33.2 Å². The van der Waals surface area contributed by atoms with Crippen LogP contribution in [0.15, 0.2) is 6.20 Å². The number of likely N-dealkylation sites (N-methyl/N-ethyl adjacent to an activating group) is 1. The van der Waals surface area contributed by atoms with Crippen molar-refractivity contribution < 1.29 is 9.59 Å². The number of piperazine rings is 1. The largest absolute Gasteiger partial charge is 0.339 e. The zero-order chi connectivity index (χ0) is 12.3. The van der Waals surface area contributed by atoms with Crippen LogP contribution in [0.25, 0.3) is 0 Å². The summed E-state index contributed by atoms with van der Waals surface area (Å²) in [4.78, 5) is 26.3. The van der Waals surface area contributed by atoms with Crippen molar-refractivity contribution >= 4 is 12.2 Å². The van der Waals surface area contributed by atoms with E-state index in [2.05, 4.69) is 15.2 Å². The van der Waals surface area contributed by atoms with E-state index in [9.17, 15) is 9.59 Å². The molecule has 17 heavy (non-hydrogen) atoms. The van der Waals surface area contributed by atoms with Crippen molar-refractivity contribution in [1.29, 1.82) is 0 Å². The Morgan fingerprint density at radius 3 is 2.71 bits per heavy atom. The molecular formula is C10H15N5O2. The Morgan fingerprint density at radius 2 is 2.12 bits per heavy atom. The van der Waals surface area contributed by atoms with Crippen LogP contribution < -0.4 is 0 Å². The molecule has 92 valence electrons. The van der Waals surface area contributed by atoms with Gasteiger partial charge in [0, 0.05) is 26.2 Å². The highest BCUT2D eigenvalue weighted by molar-refractivity contribution is 5.76. The van der Waals surface area contributed by atoms with Gasteiger partial charge in [-0.3, -0.25) is 9.59 Å². The molecule has 1 aromatic rings. The molecule has 0 spiro atoms. The van der Waals surface area contributed by atoms with Crippen molar-refractivity contribution in [3.8, 4) is 0 Å². The Labute approximate surface area is 99.0 Å². The van der Waals surface area contributed by atoms with Crippen LogP contribution in [0.3, 0.4) is 0 Å². The molecule has 7 heteroatoms. The summed E-state index contributed by atoms with van der Waals surface area (Å²) in [7, 11) is 2.04. The molecule has 2 heterocycles. The predicted molar refractivity (Wildman–Crippen MR) is 59.5 cm³/mol. The standard InChI is InChI=1S/C10H15N5O2/c1-13-2-4-14(5-3-13)10(17)7-15-6-9(8-16)11-12-15/h6,8H,2-5,7H2,1H3. The Balaban J connectivity index is 1.90. The van der Waals surface area contributed by atoms with E-state index in [-0.39, 0.29) is 18.1 Å². The van der Waals surface area contributed by atoms with Gasteiger partial charge in [0.15, 0.2) is 6.29 Å². The van der Waals surface area contributed by atoms with Gasteiger partial charge in [0.2, 0.25) is 5.91 Å². The fourth-order valence-corrected chi connectivity index (χ4v) is 1.74. The molecular weight excluding hydrogens is 222 g/mol. The number of hydrogen-bond donors (Lipinski definition) is 0. The lowest BCUT2D eigenvalue weighted by molar-refractivity contribution is -0.133. The van der Waals surface area contributed by atoms with Crippen LogP contribution >= 0.6 is 0 Å². The van der Waals surface area contributed by atoms with Crippen molar-refractivity contribution in [3.05, 3.63) is 11.9 Å². The van der Waals surface area contributed by atoms with Gasteiger partial charge in [0.1, 0.15) is 12.2 Å². The number of hydrogen-bond acceptors (Lipinski definition) is 5. The molecule has 0 radical (unpaired) electrons. The zero-order valence-electron chi connectivity index (χ0n) is 9.74. The van der Waals surface area contributed by atoms with Gasteiger partial charge in [-0.05, 0) is 7.05 Å². The van der Waals surface area contributed by atoms with Crippen molar-refractivity contribution in [1.82, 2.24) is 24.8 Å². The van der Waals surface area contributed by atoms with E-state index in [4.69, 9.17) is 0 Å². The van der Waals surface area contributed by atoms with Gasteiger partial charge in [-0.25, -0.2) is 4.68 Å². The Bertz CT molecular complexity index is 409. The highest BCUT2D eigenvalue weighted by atomic mass is 16.2. The summed E-state index contributed by atoms with van der Waals surface area (Å²) in [5, 5.41) is 7.33. The minimum Gasteiger partial charge on any atom is -0.339 e. The van der Waals surface area contributed by atoms with Crippen LogP contribution in [0.2, 0.25) is 0 Å². The molecule has 1 saturated heterocycles. The van der Waals surface area contributed by atoms with Crippen LogP contribution in [0.1, 0.15) is 10.5 Å². The average Bonchev–Trinajstić information content (AvgIpc) is 2.77. The van der Waals surface area contributed by atoms with Crippen molar-refractivity contribution in [3.63, 3.8) is 0 Å². The van der Waals surface area contributed by atoms with Crippen LogP contribution in [-0.4, -0.2) is 70.2 Å². The SMILES string of the molecule is CN1CCN(C(=O)Cn2cc(C=O)nn2)CC1. The molecule has 1 aliphatic heterocycles. The quantitative estimate of drug-likeness (QED) is 0.622. The summed E-state index contributed by atoms with van der Waals surface area (Å²) >= 11 is 0. The Hall–Kier alpha value is -1.76. The first-order valence-electron chi connectivity index (χ1n) is 5.50. The first kappa shape index (κ1) is 11.7. The van der Waals surface area contributed by atoms with Gasteiger partial charge < -0.3 is 9.80 Å². The second-order valence-electron chi connectivity index (χ2n) is 4.14. The summed E-state index contributed by atoms with van der Waals surface area (Å²) in [6, 6.07) is 0. The Kier molecular flexibility index (Phi) is 3.48. The summed E-state index contributed by atoms with van der Waals surface area (Å²) < 4.78 is 1.39. The van der Waals surface area contributed by atoms with Gasteiger partial charge in [-0.15, -0.1) is 5.10 Å². The summed E-state index contributed by atoms with van der Waals surface area (Å²) in [6.45, 7) is 3.41. The molecule has 0 saturated carbocycles. The minimum absolute atomic E-state index is 0.0143. The minimum atomic E-state index is 0.0143. The summed E-state index contributed by atoms with van der Waals surface area (Å²) in [6.07, 6.45) is 2.09. The molecule has 0 aromatic carbocycles. The van der Waals surface area contributed by atoms with Gasteiger partial charge in [-0.2, -0.15) is 0 Å². The normalized spacial score (nSPS) is 17.1. The topological polar surface area (TPSA) is 71.3 Å². The molecule has 7 nitrogen and oxygen atoms in total. The first-order valence-corrected chi connectivity index (χ1v) is 5.50. The maximum atomic E-state index is 11.9. The molecule has 0 unspecified atom stereocenters. The highest BCUT2D eigenvalue weighted by Crippen LogP contribution is 2.01. The summed E-state index contributed by atoms with van der Waals surface area (Å²) in [5.41, 5.74) is 0.246. The molecule has 2 rings (SSSR count). The van der Waals surface area contributed by atoms with Gasteiger partial charge in [0.05, 0.1) is 6.20 Å². The van der Waals surface area contributed by atoms with Crippen molar-refractivity contribution in [2.24, 2.45) is 0 Å². The monoisotopic (exact) mass is 237 g/mol. The van der Waals surface area contributed by atoms with E-state index in [0.29, 0.717) is 6.29 Å². The summed E-state index contributed by atoms with van der Waals surface area (Å²) in [5.74, 6) is 0.0143. The van der Waals surface area contributed by atoms with Gasteiger partial charge in [0.25, 0.3) is 0 Å². The Morgan fingerprint density at radius 1 is 1.41 bits per heavy atom. The van der Waals surface area contributed by atoms with E-state index in [1.165, 1.54) is 10.9 Å². The molecule has 1 aromatic heterocycles. The fourth-order valence-electron chi connectivity index (χ4n) is 1.74. The maximum absolute atomic E-state index is 11.9. The molecule has 1 amide bonds. The second-order valence-corrected chi connectivity index (χ2v) is 4.14. The number of carbonyl (C=O) groups excluding carboxylic acids is 2. The number of aromatic nitrogens is 3. The average molecular weight is 237 g/mol. The smallest absolute Gasteiger partial charge is 0.244 e. The highest BCUT2D eigenvalue weighted by Gasteiger charge is 2.19. The predicted octanol–water partition coefficient (Wildman–Crippen LogP) is -1.14. The number of rotatable bonds is 3. The van der Waals surface area contributed by atoms with Gasteiger partial charge in [-0.1, -0.05) is 5.21 Å². The lowest BCUT2D eigenvalue weighted by Crippen LogP contribution is -2.48. The van der Waals surface area contributed by atoms with E-state index in [1.807, 2.05) is 11.9 Å². The zero-order valence-corrected chi connectivity index (χ0v) is 9.74. The number of carbonyl (C=O) groups is 2. The fraction of sp³-hybridized carbons (Fsp3) is 0.600. The van der Waals surface area contributed by atoms with Crippen LogP contribution in [-0.2, 0) is 11.3 Å². The third-order valence-corrected chi connectivity index (χ3v) is 2.83. The number of amides is 1. The van der Waals surface area contributed by atoms with E-state index < -0.39 is 0 Å². The van der Waals surface area contributed by atoms with E-state index in [0.717, 1.165) is 26.2 Å². The molecule has 0 aliphatic carbocycles. The van der Waals surface area contributed by atoms with E-state index >= 15 is 0 Å². The third kappa shape index (κ3) is 2.88. The second kappa shape index (κ2) is 5.05. The first-order chi connectivity index (χ1) is 8.19. The molecule has 0 atom stereocenters. The van der Waals surface area contributed by atoms with E-state index in [1.54, 1.807) is 0 Å². The maximum Gasteiger partial charge on any atom is 0.244 e. The number of nitrogens with zero attached hydrogens (tertiary/aromatic N) is 5. The van der Waals surface area contributed by atoms with Crippen molar-refractivity contribution in [2.45, 2.75) is 6.54 Å². The lowest BCUT2D eigenvalue weighted by Gasteiger charge is -2.32. The molecule has 0 N–H and O–H groups in total.